The Bertz CT molecular complexity index is 1110. The predicted octanol–water partition coefficient (Wildman–Crippen LogP) is 5.33. The summed E-state index contributed by atoms with van der Waals surface area (Å²) in [5, 5.41) is 36.4. The number of hydrogen-bond acceptors (Lipinski definition) is 8. The zero-order valence-corrected chi connectivity index (χ0v) is 35.8. The van der Waals surface area contributed by atoms with Gasteiger partial charge in [0.05, 0.1) is 72.5 Å². The van der Waals surface area contributed by atoms with Crippen LogP contribution in [0.4, 0.5) is 0 Å². The topological polar surface area (TPSA) is 218 Å². The molecule has 0 aliphatic carbocycles. The van der Waals surface area contributed by atoms with Gasteiger partial charge in [-0.1, -0.05) is 55.4 Å². The van der Waals surface area contributed by atoms with Crippen LogP contribution in [0.15, 0.2) is 0 Å². The van der Waals surface area contributed by atoms with Gasteiger partial charge in [-0.2, -0.15) is 26.2 Å². The number of amides is 4. The zero-order valence-electron chi connectivity index (χ0n) is 33.9. The number of carbonyl (C=O) groups is 4. The minimum Gasteiger partial charge on any atom is -0.660 e. The van der Waals surface area contributed by atoms with Crippen molar-refractivity contribution in [3.05, 3.63) is 42.5 Å². The van der Waals surface area contributed by atoms with Crippen LogP contribution in [0.1, 0.15) is 83.1 Å². The van der Waals surface area contributed by atoms with E-state index in [1.807, 2.05) is 0 Å². The molecule has 54 heavy (non-hydrogen) atoms. The van der Waals surface area contributed by atoms with Gasteiger partial charge in [-0.25, -0.2) is 0 Å². The van der Waals surface area contributed by atoms with Crippen molar-refractivity contribution < 1.29 is 72.3 Å². The first kappa shape index (κ1) is 50.6. The van der Waals surface area contributed by atoms with E-state index in [0.717, 1.165) is 0 Å². The van der Waals surface area contributed by atoms with E-state index in [-0.39, 0.29) is 113 Å². The fourth-order valence-electron chi connectivity index (χ4n) is 5.65. The summed E-state index contributed by atoms with van der Waals surface area (Å²) < 4.78 is 24.7. The summed E-state index contributed by atoms with van der Waals surface area (Å²) in [6.45, 7) is 20.2. The van der Waals surface area contributed by atoms with E-state index in [2.05, 4.69) is 42.5 Å². The summed E-state index contributed by atoms with van der Waals surface area (Å²) in [5.74, 6) is -2.12. The molecule has 6 aliphatic rings. The van der Waals surface area contributed by atoms with Crippen LogP contribution in [-0.4, -0.2) is 147 Å². The number of hydrogen-bond donors (Lipinski definition) is 0. The van der Waals surface area contributed by atoms with E-state index in [1.165, 1.54) is 0 Å². The maximum absolute atomic E-state index is 13.8. The molecule has 0 spiro atoms. The van der Waals surface area contributed by atoms with Crippen LogP contribution in [0.2, 0.25) is 0 Å². The average molecular weight is 860 g/mol. The van der Waals surface area contributed by atoms with Crippen LogP contribution in [0.3, 0.4) is 0 Å². The molecule has 18 heteroatoms. The molecular weight excluding hydrogens is 800 g/mol. The minimum atomic E-state index is -1.49. The van der Waals surface area contributed by atoms with Crippen LogP contribution in [0, 0.1) is 0 Å². The Morgan fingerprint density at radius 3 is 0.667 bits per heavy atom. The molecule has 0 N–H and O–H groups in total. The zero-order chi connectivity index (χ0) is 39.3. The van der Waals surface area contributed by atoms with Crippen LogP contribution in [-0.2, 0) is 72.3 Å². The molecule has 4 atom stereocenters. The van der Waals surface area contributed by atoms with Crippen molar-refractivity contribution >= 4 is 23.6 Å². The molecule has 4 bridgehead atoms. The minimum absolute atomic E-state index is 0. The van der Waals surface area contributed by atoms with Crippen molar-refractivity contribution in [1.82, 2.24) is 0 Å². The Morgan fingerprint density at radius 1 is 0.333 bits per heavy atom. The maximum atomic E-state index is 13.8. The van der Waals surface area contributed by atoms with E-state index in [0.29, 0.717) is 0 Å². The molecule has 4 unspecified atom stereocenters. The number of rotatable bonds is 0. The quantitative estimate of drug-likeness (QED) is 0.289. The van der Waals surface area contributed by atoms with Gasteiger partial charge in [0.15, 0.2) is 0 Å². The van der Waals surface area contributed by atoms with Crippen LogP contribution < -0.4 is 0 Å². The first-order valence-electron chi connectivity index (χ1n) is 17.9. The van der Waals surface area contributed by atoms with E-state index < -0.39 is 68.2 Å². The van der Waals surface area contributed by atoms with E-state index in [1.54, 1.807) is 83.1 Å². The van der Waals surface area contributed by atoms with Crippen molar-refractivity contribution in [2.75, 3.05) is 78.8 Å². The van der Waals surface area contributed by atoms with E-state index >= 15 is 0 Å². The Morgan fingerprint density at radius 2 is 0.500 bits per heavy atom. The monoisotopic (exact) mass is 858 g/mol. The smallest absolute Gasteiger partial charge is 0.660 e. The molecule has 318 valence electrons. The Balaban J connectivity index is 0.00000729. The molecule has 0 aromatic heterocycles. The number of ether oxygens (including phenoxy) is 4. The maximum Gasteiger partial charge on any atom is 2.00 e. The van der Waals surface area contributed by atoms with E-state index in [9.17, 15) is 19.2 Å². The van der Waals surface area contributed by atoms with Crippen LogP contribution in [0.25, 0.3) is 42.5 Å². The van der Waals surface area contributed by atoms with Crippen molar-refractivity contribution in [1.29, 1.82) is 0 Å². The van der Waals surface area contributed by atoms with Gasteiger partial charge in [0.1, 0.15) is 0 Å². The number of carbonyl (C=O) groups excluding carboxylic acids is 4. The number of nitrogens with zero attached hydrogens (tertiary/aromatic N) is 8. The standard InChI is InChI=1S/C36H64N8O8.2Cu/c1-29(2)17-37-21-34(10)26(46)42-30(3,4)18-38-22-33(9,25(45)41-29)49-13-14-51-35(11)23-39-19-32(7,8)44-28(48)36(12,52-16-15-50-34)24-40-20-31(5,6)43-27(35)47;;/h13-24H2,1-12H3,(H4,41,42,43,44,45,46,47,48);;/q-4;2*+2/p-4. The summed E-state index contributed by atoms with van der Waals surface area (Å²) in [4.78, 5) is 55.2. The van der Waals surface area contributed by atoms with Gasteiger partial charge < -0.3 is 80.7 Å². The molecule has 6 heterocycles. The van der Waals surface area contributed by atoms with Gasteiger partial charge in [-0.3, -0.25) is 0 Å². The molecule has 2 radical (unpaired) electrons. The summed E-state index contributed by atoms with van der Waals surface area (Å²) in [7, 11) is 0. The second-order valence-electron chi connectivity index (χ2n) is 17.4. The van der Waals surface area contributed by atoms with Gasteiger partial charge >= 0.3 is 34.1 Å². The van der Waals surface area contributed by atoms with Gasteiger partial charge in [-0.15, -0.1) is 48.3 Å². The van der Waals surface area contributed by atoms with Crippen molar-refractivity contribution in [2.45, 2.75) is 128 Å². The van der Waals surface area contributed by atoms with Crippen molar-refractivity contribution in [3.63, 3.8) is 0 Å². The third kappa shape index (κ3) is 14.5. The fraction of sp³-hybridized carbons (Fsp3) is 0.889. The van der Waals surface area contributed by atoms with Gasteiger partial charge in [-0.05, 0) is 27.7 Å². The second kappa shape index (κ2) is 19.4. The van der Waals surface area contributed by atoms with Crippen LogP contribution >= 0.6 is 0 Å². The predicted molar refractivity (Wildman–Crippen MR) is 200 cm³/mol. The van der Waals surface area contributed by atoms with Crippen molar-refractivity contribution in [2.24, 2.45) is 0 Å². The SMILES string of the molecule is CC1(C)C[N-]CC2(C)OCCOC3(C)C[N-]CC(C)(C)[N-]C(=O)C(C)(C[N-]CC(C)(C)[N-]C3=O)OCCOC(C)(C[N-]CC(C)(C)[N-]C2=O)C(=O)[N-]1.[Cu+2].[Cu+2]. The molecule has 0 saturated carbocycles. The van der Waals surface area contributed by atoms with Gasteiger partial charge in [0.2, 0.25) is 0 Å². The first-order valence-corrected chi connectivity index (χ1v) is 17.9. The molecule has 6 aliphatic heterocycles. The molecule has 6 rings (SSSR count). The fourth-order valence-corrected chi connectivity index (χ4v) is 5.65. The summed E-state index contributed by atoms with van der Waals surface area (Å²) >= 11 is 0. The Kier molecular flexibility index (Phi) is 18.2. The third-order valence-electron chi connectivity index (χ3n) is 8.92. The summed E-state index contributed by atoms with van der Waals surface area (Å²) in [5.41, 5.74) is -9.81. The summed E-state index contributed by atoms with van der Waals surface area (Å²) in [6, 6.07) is 0. The summed E-state index contributed by atoms with van der Waals surface area (Å²) in [6.07, 6.45) is 0. The molecular formula is C36H60Cu2N8O8-4. The molecule has 4 amide bonds. The molecule has 6 fully saturated rings. The Hall–Kier alpha value is -1.40. The molecule has 0 aromatic rings. The van der Waals surface area contributed by atoms with Crippen LogP contribution in [0.5, 0.6) is 0 Å². The van der Waals surface area contributed by atoms with Crippen molar-refractivity contribution in [3.8, 4) is 0 Å². The first-order chi connectivity index (χ1) is 23.8. The largest absolute Gasteiger partial charge is 2.00 e. The third-order valence-corrected chi connectivity index (χ3v) is 8.92. The average Bonchev–Trinajstić information content (AvgIpc) is 2.99. The second-order valence-corrected chi connectivity index (χ2v) is 17.4. The normalized spacial score (nSPS) is 34.9. The molecule has 6 saturated heterocycles. The Labute approximate surface area is 343 Å². The van der Waals surface area contributed by atoms with E-state index in [4.69, 9.17) is 18.9 Å². The molecule has 0 aromatic carbocycles. The molecule has 16 nitrogen and oxygen atoms in total. The van der Waals surface area contributed by atoms with Gasteiger partial charge in [0, 0.05) is 0 Å². The van der Waals surface area contributed by atoms with Gasteiger partial charge in [0.25, 0.3) is 0 Å².